The fourth-order valence-electron chi connectivity index (χ4n) is 2.47. The second-order valence-corrected chi connectivity index (χ2v) is 4.75. The molecule has 0 aliphatic carbocycles. The molecule has 0 unspecified atom stereocenters. The van der Waals surface area contributed by atoms with Crippen LogP contribution >= 0.6 is 0 Å². The van der Waals surface area contributed by atoms with E-state index in [1.165, 1.54) is 0 Å². The highest BCUT2D eigenvalue weighted by molar-refractivity contribution is 5.94. The number of amides is 1. The van der Waals surface area contributed by atoms with Gasteiger partial charge in [-0.25, -0.2) is 4.68 Å². The summed E-state index contributed by atoms with van der Waals surface area (Å²) in [4.78, 5) is 14.3. The van der Waals surface area contributed by atoms with Crippen molar-refractivity contribution in [1.29, 1.82) is 0 Å². The van der Waals surface area contributed by atoms with E-state index in [0.29, 0.717) is 12.3 Å². The SMILES string of the molecule is Cc1c(C(=O)N2CCNCC2)nn2c1OCCC2. The van der Waals surface area contributed by atoms with Crippen LogP contribution in [0.5, 0.6) is 5.88 Å². The number of carbonyl (C=O) groups is 1. The van der Waals surface area contributed by atoms with Crippen molar-refractivity contribution in [3.05, 3.63) is 11.3 Å². The molecule has 0 spiro atoms. The number of fused-ring (bicyclic) bond motifs is 1. The highest BCUT2D eigenvalue weighted by atomic mass is 16.5. The number of rotatable bonds is 1. The largest absolute Gasteiger partial charge is 0.478 e. The zero-order chi connectivity index (χ0) is 12.5. The zero-order valence-corrected chi connectivity index (χ0v) is 10.6. The van der Waals surface area contributed by atoms with Crippen LogP contribution in [0.4, 0.5) is 0 Å². The molecule has 1 aromatic heterocycles. The average molecular weight is 250 g/mol. The Morgan fingerprint density at radius 3 is 2.83 bits per heavy atom. The summed E-state index contributed by atoms with van der Waals surface area (Å²) in [6, 6.07) is 0. The lowest BCUT2D eigenvalue weighted by Crippen LogP contribution is -2.46. The number of hydrogen-bond donors (Lipinski definition) is 1. The summed E-state index contributed by atoms with van der Waals surface area (Å²) in [6.07, 6.45) is 0.954. The quantitative estimate of drug-likeness (QED) is 0.763. The first kappa shape index (κ1) is 11.5. The number of nitrogens with zero attached hydrogens (tertiary/aromatic N) is 3. The van der Waals surface area contributed by atoms with Crippen LogP contribution in [-0.4, -0.2) is 53.4 Å². The van der Waals surface area contributed by atoms with E-state index in [-0.39, 0.29) is 5.91 Å². The molecule has 1 N–H and O–H groups in total. The van der Waals surface area contributed by atoms with Gasteiger partial charge in [-0.15, -0.1) is 0 Å². The minimum atomic E-state index is 0.0273. The fourth-order valence-corrected chi connectivity index (χ4v) is 2.47. The van der Waals surface area contributed by atoms with Gasteiger partial charge in [-0.3, -0.25) is 4.79 Å². The van der Waals surface area contributed by atoms with Crippen LogP contribution in [-0.2, 0) is 6.54 Å². The van der Waals surface area contributed by atoms with Crippen LogP contribution < -0.4 is 10.1 Å². The maximum atomic E-state index is 12.4. The molecule has 98 valence electrons. The third-order valence-electron chi connectivity index (χ3n) is 3.49. The van der Waals surface area contributed by atoms with Crippen molar-refractivity contribution in [3.63, 3.8) is 0 Å². The molecule has 6 heteroatoms. The number of piperazine rings is 1. The molecule has 6 nitrogen and oxygen atoms in total. The lowest BCUT2D eigenvalue weighted by Gasteiger charge is -2.26. The summed E-state index contributed by atoms with van der Waals surface area (Å²) in [5.41, 5.74) is 1.42. The minimum Gasteiger partial charge on any atom is -0.478 e. The molecule has 0 bridgehead atoms. The van der Waals surface area contributed by atoms with Gasteiger partial charge in [0.1, 0.15) is 0 Å². The lowest BCUT2D eigenvalue weighted by molar-refractivity contribution is 0.0728. The van der Waals surface area contributed by atoms with E-state index in [4.69, 9.17) is 4.74 Å². The Morgan fingerprint density at radius 1 is 1.33 bits per heavy atom. The maximum Gasteiger partial charge on any atom is 0.274 e. The van der Waals surface area contributed by atoms with Gasteiger partial charge in [-0.1, -0.05) is 0 Å². The predicted molar refractivity (Wildman–Crippen MR) is 65.8 cm³/mol. The minimum absolute atomic E-state index is 0.0273. The van der Waals surface area contributed by atoms with Crippen LogP contribution in [0.1, 0.15) is 22.5 Å². The monoisotopic (exact) mass is 250 g/mol. The third-order valence-corrected chi connectivity index (χ3v) is 3.49. The lowest BCUT2D eigenvalue weighted by atomic mass is 10.2. The molecular weight excluding hydrogens is 232 g/mol. The normalized spacial score (nSPS) is 19.3. The first-order valence-electron chi connectivity index (χ1n) is 6.47. The molecule has 3 heterocycles. The first-order chi connectivity index (χ1) is 8.77. The molecule has 0 atom stereocenters. The van der Waals surface area contributed by atoms with Crippen molar-refractivity contribution < 1.29 is 9.53 Å². The van der Waals surface area contributed by atoms with E-state index in [2.05, 4.69) is 10.4 Å². The summed E-state index contributed by atoms with van der Waals surface area (Å²) in [5.74, 6) is 0.791. The average Bonchev–Trinajstić information content (AvgIpc) is 2.77. The van der Waals surface area contributed by atoms with E-state index in [0.717, 1.165) is 50.6 Å². The van der Waals surface area contributed by atoms with Crippen molar-refractivity contribution in [1.82, 2.24) is 20.0 Å². The van der Waals surface area contributed by atoms with Crippen LogP contribution in [0.3, 0.4) is 0 Å². The Kier molecular flexibility index (Phi) is 2.95. The number of nitrogens with one attached hydrogen (secondary N) is 1. The summed E-state index contributed by atoms with van der Waals surface area (Å²) in [7, 11) is 0. The van der Waals surface area contributed by atoms with Crippen LogP contribution in [0, 0.1) is 6.92 Å². The predicted octanol–water partition coefficient (Wildman–Crippen LogP) is 0.0194. The van der Waals surface area contributed by atoms with Gasteiger partial charge in [0.15, 0.2) is 5.69 Å². The molecule has 0 radical (unpaired) electrons. The fraction of sp³-hybridized carbons (Fsp3) is 0.667. The van der Waals surface area contributed by atoms with E-state index in [1.807, 2.05) is 16.5 Å². The van der Waals surface area contributed by atoms with Gasteiger partial charge in [-0.05, 0) is 6.92 Å². The van der Waals surface area contributed by atoms with Crippen molar-refractivity contribution in [2.45, 2.75) is 19.9 Å². The van der Waals surface area contributed by atoms with Crippen molar-refractivity contribution >= 4 is 5.91 Å². The van der Waals surface area contributed by atoms with Gasteiger partial charge in [0, 0.05) is 44.7 Å². The number of carbonyl (C=O) groups excluding carboxylic acids is 1. The highest BCUT2D eigenvalue weighted by Gasteiger charge is 2.27. The topological polar surface area (TPSA) is 59.4 Å². The van der Waals surface area contributed by atoms with Crippen molar-refractivity contribution in [3.8, 4) is 5.88 Å². The Morgan fingerprint density at radius 2 is 2.11 bits per heavy atom. The summed E-state index contributed by atoms with van der Waals surface area (Å²) < 4.78 is 7.40. The molecule has 1 aromatic rings. The molecule has 2 aliphatic heterocycles. The molecule has 1 fully saturated rings. The molecule has 2 aliphatic rings. The molecule has 3 rings (SSSR count). The van der Waals surface area contributed by atoms with Gasteiger partial charge in [0.2, 0.25) is 5.88 Å². The van der Waals surface area contributed by atoms with Crippen LogP contribution in [0.15, 0.2) is 0 Å². The van der Waals surface area contributed by atoms with Crippen LogP contribution in [0.25, 0.3) is 0 Å². The van der Waals surface area contributed by atoms with Crippen LogP contribution in [0.2, 0.25) is 0 Å². The first-order valence-corrected chi connectivity index (χ1v) is 6.47. The number of hydrogen-bond acceptors (Lipinski definition) is 4. The second-order valence-electron chi connectivity index (χ2n) is 4.75. The molecule has 1 saturated heterocycles. The number of aromatic nitrogens is 2. The van der Waals surface area contributed by atoms with Gasteiger partial charge in [-0.2, -0.15) is 5.10 Å². The Hall–Kier alpha value is -1.56. The van der Waals surface area contributed by atoms with Gasteiger partial charge in [0.05, 0.1) is 6.61 Å². The maximum absolute atomic E-state index is 12.4. The third kappa shape index (κ3) is 1.86. The second kappa shape index (κ2) is 4.61. The summed E-state index contributed by atoms with van der Waals surface area (Å²) in [5, 5.41) is 7.65. The molecule has 0 aromatic carbocycles. The number of aryl methyl sites for hydroxylation is 1. The Bertz CT molecular complexity index is 463. The highest BCUT2D eigenvalue weighted by Crippen LogP contribution is 2.25. The smallest absolute Gasteiger partial charge is 0.274 e. The Labute approximate surface area is 106 Å². The van der Waals surface area contributed by atoms with Crippen molar-refractivity contribution in [2.75, 3.05) is 32.8 Å². The molecule has 0 saturated carbocycles. The summed E-state index contributed by atoms with van der Waals surface area (Å²) in [6.45, 7) is 6.69. The van der Waals surface area contributed by atoms with Gasteiger partial charge < -0.3 is 15.0 Å². The van der Waals surface area contributed by atoms with E-state index in [1.54, 1.807) is 0 Å². The van der Waals surface area contributed by atoms with E-state index >= 15 is 0 Å². The van der Waals surface area contributed by atoms with Gasteiger partial charge in [0.25, 0.3) is 5.91 Å². The van der Waals surface area contributed by atoms with E-state index < -0.39 is 0 Å². The molecule has 1 amide bonds. The zero-order valence-electron chi connectivity index (χ0n) is 10.6. The Balaban J connectivity index is 1.87. The standard InChI is InChI=1S/C12H18N4O2/c1-9-10(11(17)15-6-3-13-4-7-15)14-16-5-2-8-18-12(9)16/h13H,2-8H2,1H3. The molecule has 18 heavy (non-hydrogen) atoms. The van der Waals surface area contributed by atoms with Crippen molar-refractivity contribution in [2.24, 2.45) is 0 Å². The summed E-state index contributed by atoms with van der Waals surface area (Å²) >= 11 is 0. The van der Waals surface area contributed by atoms with E-state index in [9.17, 15) is 4.79 Å². The number of ether oxygens (including phenoxy) is 1. The van der Waals surface area contributed by atoms with Gasteiger partial charge >= 0.3 is 0 Å². The molecular formula is C12H18N4O2.